The van der Waals surface area contributed by atoms with Crippen LogP contribution >= 0.6 is 0 Å². The van der Waals surface area contributed by atoms with Crippen LogP contribution in [0.25, 0.3) is 0 Å². The van der Waals surface area contributed by atoms with Crippen LogP contribution in [-0.2, 0) is 4.79 Å². The van der Waals surface area contributed by atoms with Crippen molar-refractivity contribution in [2.24, 2.45) is 5.84 Å². The summed E-state index contributed by atoms with van der Waals surface area (Å²) in [6, 6.07) is 0. The molecular weight excluding hydrogens is 164 g/mol. The number of carbonyl (C=O) groups is 1. The second kappa shape index (κ2) is 5.18. The van der Waals surface area contributed by atoms with E-state index in [1.807, 2.05) is 0 Å². The standard InChI is InChI=1S/C6H14N2O4/c1-3(9)5(11)6(12)4(10)2-8-7/h3-5,8-11H,2,7H2,1H3/t3-,4+,5+/m0/s1. The molecule has 0 spiro atoms. The molecule has 0 rings (SSSR count). The zero-order chi connectivity index (χ0) is 9.72. The third kappa shape index (κ3) is 3.24. The smallest absolute Gasteiger partial charge is 0.193 e. The molecule has 12 heavy (non-hydrogen) atoms. The second-order valence-electron chi connectivity index (χ2n) is 2.51. The normalized spacial score (nSPS) is 18.4. The number of aliphatic hydroxyl groups excluding tert-OH is 3. The quantitative estimate of drug-likeness (QED) is 0.228. The van der Waals surface area contributed by atoms with Crippen molar-refractivity contribution >= 4 is 5.78 Å². The summed E-state index contributed by atoms with van der Waals surface area (Å²) in [5, 5.41) is 26.7. The molecule has 0 fully saturated rings. The van der Waals surface area contributed by atoms with Gasteiger partial charge in [0, 0.05) is 6.54 Å². The minimum absolute atomic E-state index is 0.150. The van der Waals surface area contributed by atoms with Crippen LogP contribution in [0, 0.1) is 0 Å². The van der Waals surface area contributed by atoms with Crippen LogP contribution in [0.3, 0.4) is 0 Å². The highest BCUT2D eigenvalue weighted by molar-refractivity contribution is 5.87. The Balaban J connectivity index is 4.00. The third-order valence-electron chi connectivity index (χ3n) is 1.39. The number of aliphatic hydroxyl groups is 3. The molecule has 3 atom stereocenters. The predicted molar refractivity (Wildman–Crippen MR) is 40.9 cm³/mol. The lowest BCUT2D eigenvalue weighted by molar-refractivity contribution is -0.140. The third-order valence-corrected chi connectivity index (χ3v) is 1.39. The van der Waals surface area contributed by atoms with Crippen LogP contribution in [-0.4, -0.2) is 46.0 Å². The molecule has 0 radical (unpaired) electrons. The molecule has 0 aliphatic heterocycles. The highest BCUT2D eigenvalue weighted by Crippen LogP contribution is 1.97. The highest BCUT2D eigenvalue weighted by Gasteiger charge is 2.26. The fourth-order valence-electron chi connectivity index (χ4n) is 0.647. The van der Waals surface area contributed by atoms with Crippen LogP contribution in [0.1, 0.15) is 6.92 Å². The van der Waals surface area contributed by atoms with Gasteiger partial charge in [0.1, 0.15) is 12.2 Å². The summed E-state index contributed by atoms with van der Waals surface area (Å²) < 4.78 is 0. The van der Waals surface area contributed by atoms with Crippen molar-refractivity contribution in [1.29, 1.82) is 0 Å². The summed E-state index contributed by atoms with van der Waals surface area (Å²) in [6.45, 7) is 1.10. The molecule has 0 aliphatic rings. The van der Waals surface area contributed by atoms with Gasteiger partial charge in [0.15, 0.2) is 5.78 Å². The van der Waals surface area contributed by atoms with E-state index >= 15 is 0 Å². The maximum Gasteiger partial charge on any atom is 0.193 e. The maximum absolute atomic E-state index is 10.9. The number of ketones is 1. The van der Waals surface area contributed by atoms with E-state index < -0.39 is 24.1 Å². The molecule has 0 saturated heterocycles. The molecule has 0 saturated carbocycles. The van der Waals surface area contributed by atoms with E-state index in [4.69, 9.17) is 21.2 Å². The highest BCUT2D eigenvalue weighted by atomic mass is 16.3. The van der Waals surface area contributed by atoms with Crippen LogP contribution in [0.5, 0.6) is 0 Å². The number of hydrogen-bond acceptors (Lipinski definition) is 6. The lowest BCUT2D eigenvalue weighted by Gasteiger charge is -2.15. The van der Waals surface area contributed by atoms with E-state index in [-0.39, 0.29) is 6.54 Å². The van der Waals surface area contributed by atoms with Gasteiger partial charge in [0.2, 0.25) is 0 Å². The Morgan fingerprint density at radius 1 is 1.50 bits per heavy atom. The van der Waals surface area contributed by atoms with Crippen LogP contribution in [0.4, 0.5) is 0 Å². The number of hydrazine groups is 1. The second-order valence-corrected chi connectivity index (χ2v) is 2.51. The predicted octanol–water partition coefficient (Wildman–Crippen LogP) is -2.88. The molecule has 72 valence electrons. The van der Waals surface area contributed by atoms with E-state index in [0.717, 1.165) is 0 Å². The molecule has 0 aromatic carbocycles. The molecule has 6 heteroatoms. The van der Waals surface area contributed by atoms with Gasteiger partial charge in [0.05, 0.1) is 6.10 Å². The first-order chi connectivity index (χ1) is 5.50. The first kappa shape index (κ1) is 11.5. The van der Waals surface area contributed by atoms with Gasteiger partial charge in [-0.1, -0.05) is 0 Å². The van der Waals surface area contributed by atoms with Crippen molar-refractivity contribution in [3.8, 4) is 0 Å². The first-order valence-electron chi connectivity index (χ1n) is 3.52. The topological polar surface area (TPSA) is 116 Å². The van der Waals surface area contributed by atoms with E-state index in [1.54, 1.807) is 0 Å². The number of Topliss-reactive ketones (excluding diaryl/α,β-unsaturated/α-hetero) is 1. The average molecular weight is 178 g/mol. The number of carbonyl (C=O) groups excluding carboxylic acids is 1. The van der Waals surface area contributed by atoms with Crippen LogP contribution < -0.4 is 11.3 Å². The van der Waals surface area contributed by atoms with E-state index in [1.165, 1.54) is 6.92 Å². The number of nitrogens with one attached hydrogen (secondary N) is 1. The summed E-state index contributed by atoms with van der Waals surface area (Å²) in [7, 11) is 0. The molecular formula is C6H14N2O4. The monoisotopic (exact) mass is 178 g/mol. The molecule has 0 aliphatic carbocycles. The summed E-state index contributed by atoms with van der Waals surface area (Å²) in [5.41, 5.74) is 2.08. The molecule has 0 aromatic rings. The Kier molecular flexibility index (Phi) is 4.95. The van der Waals surface area contributed by atoms with E-state index in [0.29, 0.717) is 0 Å². The minimum atomic E-state index is -1.56. The minimum Gasteiger partial charge on any atom is -0.390 e. The first-order valence-corrected chi connectivity index (χ1v) is 3.52. The number of nitrogens with two attached hydrogens (primary N) is 1. The average Bonchev–Trinajstić information content (AvgIpc) is 2.02. The zero-order valence-corrected chi connectivity index (χ0v) is 6.77. The van der Waals surface area contributed by atoms with Crippen molar-refractivity contribution in [3.05, 3.63) is 0 Å². The maximum atomic E-state index is 10.9. The Morgan fingerprint density at radius 2 is 2.00 bits per heavy atom. The SMILES string of the molecule is C[C@H](O)[C@@H](O)C(=O)[C@H](O)CNN. The summed E-state index contributed by atoms with van der Waals surface area (Å²) in [6.07, 6.45) is -4.14. The van der Waals surface area contributed by atoms with Gasteiger partial charge in [-0.2, -0.15) is 0 Å². The van der Waals surface area contributed by atoms with Gasteiger partial charge in [0.25, 0.3) is 0 Å². The Hall–Kier alpha value is -0.530. The van der Waals surface area contributed by atoms with Crippen molar-refractivity contribution in [3.63, 3.8) is 0 Å². The number of rotatable bonds is 5. The van der Waals surface area contributed by atoms with Gasteiger partial charge >= 0.3 is 0 Å². The van der Waals surface area contributed by atoms with Gasteiger partial charge in [-0.3, -0.25) is 16.1 Å². The van der Waals surface area contributed by atoms with E-state index in [9.17, 15) is 4.79 Å². The molecule has 6 N–H and O–H groups in total. The van der Waals surface area contributed by atoms with Crippen molar-refractivity contribution < 1.29 is 20.1 Å². The van der Waals surface area contributed by atoms with Crippen LogP contribution in [0.15, 0.2) is 0 Å². The fraction of sp³-hybridized carbons (Fsp3) is 0.833. The summed E-state index contributed by atoms with van der Waals surface area (Å²) in [5.74, 6) is 3.99. The van der Waals surface area contributed by atoms with Crippen LogP contribution in [0.2, 0.25) is 0 Å². The Morgan fingerprint density at radius 3 is 2.33 bits per heavy atom. The summed E-state index contributed by atoms with van der Waals surface area (Å²) >= 11 is 0. The molecule has 0 unspecified atom stereocenters. The molecule has 0 aromatic heterocycles. The van der Waals surface area contributed by atoms with Crippen molar-refractivity contribution in [1.82, 2.24) is 5.43 Å². The molecule has 6 nitrogen and oxygen atoms in total. The molecule has 0 bridgehead atoms. The largest absolute Gasteiger partial charge is 0.390 e. The molecule has 0 amide bonds. The lowest BCUT2D eigenvalue weighted by Crippen LogP contribution is -2.45. The van der Waals surface area contributed by atoms with Gasteiger partial charge in [-0.15, -0.1) is 0 Å². The fourth-order valence-corrected chi connectivity index (χ4v) is 0.647. The Labute approximate surface area is 70.0 Å². The van der Waals surface area contributed by atoms with Gasteiger partial charge in [-0.25, -0.2) is 0 Å². The van der Waals surface area contributed by atoms with Gasteiger partial charge in [-0.05, 0) is 6.92 Å². The Bertz CT molecular complexity index is 150. The van der Waals surface area contributed by atoms with Gasteiger partial charge < -0.3 is 15.3 Å². The lowest BCUT2D eigenvalue weighted by atomic mass is 10.1. The number of hydrogen-bond donors (Lipinski definition) is 5. The van der Waals surface area contributed by atoms with Crippen molar-refractivity contribution in [2.45, 2.75) is 25.2 Å². The van der Waals surface area contributed by atoms with E-state index in [2.05, 4.69) is 5.43 Å². The zero-order valence-electron chi connectivity index (χ0n) is 6.77. The summed E-state index contributed by atoms with van der Waals surface area (Å²) in [4.78, 5) is 10.9. The van der Waals surface area contributed by atoms with Crippen molar-refractivity contribution in [2.75, 3.05) is 6.54 Å². The molecule has 0 heterocycles.